The third-order valence-corrected chi connectivity index (χ3v) is 1.27. The highest BCUT2D eigenvalue weighted by Gasteiger charge is 1.90. The fourth-order valence-electron chi connectivity index (χ4n) is 0.748. The van der Waals surface area contributed by atoms with Gasteiger partial charge in [0.25, 0.3) is 0 Å². The first-order chi connectivity index (χ1) is 5.36. The summed E-state index contributed by atoms with van der Waals surface area (Å²) in [5, 5.41) is 0. The van der Waals surface area contributed by atoms with E-state index in [1.807, 2.05) is 0 Å². The highest BCUT2D eigenvalue weighted by Crippen LogP contribution is 2.06. The maximum absolute atomic E-state index is 10.2. The van der Waals surface area contributed by atoms with Gasteiger partial charge in [-0.3, -0.25) is 15.1 Å². The van der Waals surface area contributed by atoms with Crippen LogP contribution in [0.4, 0.5) is 5.69 Å². The van der Waals surface area contributed by atoms with Crippen molar-refractivity contribution >= 4 is 12.0 Å². The standard InChI is InChI=1S/C8H9NO2/c1-11-9-8-4-2-7(6-10)3-5-8/h2-6,9H,1H3. The average molecular weight is 151 g/mol. The molecule has 0 bridgehead atoms. The Hall–Kier alpha value is -1.35. The maximum atomic E-state index is 10.2. The van der Waals surface area contributed by atoms with Crippen LogP contribution in [0.25, 0.3) is 0 Å². The highest BCUT2D eigenvalue weighted by atomic mass is 16.6. The van der Waals surface area contributed by atoms with Gasteiger partial charge in [0.2, 0.25) is 0 Å². The summed E-state index contributed by atoms with van der Waals surface area (Å²) < 4.78 is 0. The van der Waals surface area contributed by atoms with E-state index in [4.69, 9.17) is 0 Å². The van der Waals surface area contributed by atoms with Gasteiger partial charge in [-0.2, -0.15) is 0 Å². The number of carbonyl (C=O) groups excluding carboxylic acids is 1. The molecule has 0 atom stereocenters. The van der Waals surface area contributed by atoms with Gasteiger partial charge in [-0.05, 0) is 24.3 Å². The van der Waals surface area contributed by atoms with Crippen LogP contribution >= 0.6 is 0 Å². The summed E-state index contributed by atoms with van der Waals surface area (Å²) in [6.07, 6.45) is 0.802. The van der Waals surface area contributed by atoms with E-state index < -0.39 is 0 Å². The SMILES string of the molecule is CONc1ccc(C=O)cc1. The van der Waals surface area contributed by atoms with Crippen LogP contribution in [0.2, 0.25) is 0 Å². The monoisotopic (exact) mass is 151 g/mol. The van der Waals surface area contributed by atoms with Crippen LogP contribution in [0.1, 0.15) is 10.4 Å². The lowest BCUT2D eigenvalue weighted by molar-refractivity contribution is 0.112. The first kappa shape index (κ1) is 7.75. The molecular weight excluding hydrogens is 142 g/mol. The lowest BCUT2D eigenvalue weighted by Crippen LogP contribution is -1.94. The molecule has 58 valence electrons. The third-order valence-electron chi connectivity index (χ3n) is 1.27. The molecule has 3 heteroatoms. The topological polar surface area (TPSA) is 38.3 Å². The molecule has 3 nitrogen and oxygen atoms in total. The molecule has 0 fully saturated rings. The zero-order valence-corrected chi connectivity index (χ0v) is 6.20. The van der Waals surface area contributed by atoms with Gasteiger partial charge >= 0.3 is 0 Å². The Labute approximate surface area is 64.9 Å². The second kappa shape index (κ2) is 3.73. The lowest BCUT2D eigenvalue weighted by atomic mass is 10.2. The molecule has 11 heavy (non-hydrogen) atoms. The minimum Gasteiger partial charge on any atom is -0.298 e. The maximum Gasteiger partial charge on any atom is 0.150 e. The van der Waals surface area contributed by atoms with E-state index in [1.54, 1.807) is 24.3 Å². The molecule has 0 saturated carbocycles. The quantitative estimate of drug-likeness (QED) is 0.525. The van der Waals surface area contributed by atoms with Crippen LogP contribution in [0.5, 0.6) is 0 Å². The number of hydrogen-bond acceptors (Lipinski definition) is 3. The summed E-state index contributed by atoms with van der Waals surface area (Å²) >= 11 is 0. The van der Waals surface area contributed by atoms with Gasteiger partial charge in [0.1, 0.15) is 6.29 Å². The molecule has 0 unspecified atom stereocenters. The second-order valence-electron chi connectivity index (χ2n) is 2.05. The molecule has 1 aromatic carbocycles. The zero-order valence-electron chi connectivity index (χ0n) is 6.20. The summed E-state index contributed by atoms with van der Waals surface area (Å²) in [5.74, 6) is 0. The number of nitrogens with one attached hydrogen (secondary N) is 1. The van der Waals surface area contributed by atoms with Crippen molar-refractivity contribution in [3.63, 3.8) is 0 Å². The number of rotatable bonds is 3. The van der Waals surface area contributed by atoms with Crippen molar-refractivity contribution in [3.05, 3.63) is 29.8 Å². The summed E-state index contributed by atoms with van der Waals surface area (Å²) in [5.41, 5.74) is 4.13. The van der Waals surface area contributed by atoms with Crippen LogP contribution in [0, 0.1) is 0 Å². The van der Waals surface area contributed by atoms with E-state index in [0.29, 0.717) is 5.56 Å². The van der Waals surface area contributed by atoms with Gasteiger partial charge in [-0.15, -0.1) is 0 Å². The van der Waals surface area contributed by atoms with Gasteiger partial charge in [0.15, 0.2) is 0 Å². The number of hydrogen-bond donors (Lipinski definition) is 1. The van der Waals surface area contributed by atoms with Gasteiger partial charge in [0, 0.05) is 5.56 Å². The smallest absolute Gasteiger partial charge is 0.150 e. The second-order valence-corrected chi connectivity index (χ2v) is 2.05. The Balaban J connectivity index is 2.74. The molecule has 0 amide bonds. The lowest BCUT2D eigenvalue weighted by Gasteiger charge is -2.00. The van der Waals surface area contributed by atoms with Crippen LogP contribution in [0.15, 0.2) is 24.3 Å². The van der Waals surface area contributed by atoms with Crippen molar-refractivity contribution in [2.45, 2.75) is 0 Å². The van der Waals surface area contributed by atoms with Gasteiger partial charge in [-0.1, -0.05) is 0 Å². The molecular formula is C8H9NO2. The molecule has 0 spiro atoms. The fourth-order valence-corrected chi connectivity index (χ4v) is 0.748. The molecule has 0 aromatic heterocycles. The van der Waals surface area contributed by atoms with Gasteiger partial charge < -0.3 is 0 Å². The molecule has 0 heterocycles. The molecule has 1 aromatic rings. The van der Waals surface area contributed by atoms with Crippen LogP contribution in [0.3, 0.4) is 0 Å². The predicted octanol–water partition coefficient (Wildman–Crippen LogP) is 1.47. The minimum absolute atomic E-state index is 0.659. The first-order valence-corrected chi connectivity index (χ1v) is 3.21. The molecule has 0 radical (unpaired) electrons. The van der Waals surface area contributed by atoms with Crippen LogP contribution in [-0.2, 0) is 4.84 Å². The van der Waals surface area contributed by atoms with Crippen molar-refractivity contribution < 1.29 is 9.63 Å². The zero-order chi connectivity index (χ0) is 8.10. The van der Waals surface area contributed by atoms with Crippen molar-refractivity contribution in [1.29, 1.82) is 0 Å². The minimum atomic E-state index is 0.659. The van der Waals surface area contributed by atoms with Crippen molar-refractivity contribution in [2.75, 3.05) is 12.6 Å². The predicted molar refractivity (Wildman–Crippen MR) is 42.5 cm³/mol. The Morgan fingerprint density at radius 2 is 2.00 bits per heavy atom. The fraction of sp³-hybridized carbons (Fsp3) is 0.125. The van der Waals surface area contributed by atoms with E-state index >= 15 is 0 Å². The van der Waals surface area contributed by atoms with Gasteiger partial charge in [-0.25, -0.2) is 0 Å². The molecule has 0 aliphatic carbocycles. The highest BCUT2D eigenvalue weighted by molar-refractivity contribution is 5.75. The molecule has 0 saturated heterocycles. The van der Waals surface area contributed by atoms with Crippen LogP contribution in [-0.4, -0.2) is 13.4 Å². The summed E-state index contributed by atoms with van der Waals surface area (Å²) in [6.45, 7) is 0. The number of aldehydes is 1. The first-order valence-electron chi connectivity index (χ1n) is 3.21. The normalized spacial score (nSPS) is 9.18. The molecule has 1 rings (SSSR count). The largest absolute Gasteiger partial charge is 0.298 e. The number of carbonyl (C=O) groups is 1. The van der Waals surface area contributed by atoms with E-state index in [1.165, 1.54) is 7.11 Å². The Bertz CT molecular complexity index is 230. The van der Waals surface area contributed by atoms with Gasteiger partial charge in [0.05, 0.1) is 12.8 Å². The van der Waals surface area contributed by atoms with E-state index in [9.17, 15) is 4.79 Å². The van der Waals surface area contributed by atoms with E-state index in [2.05, 4.69) is 10.3 Å². The summed E-state index contributed by atoms with van der Waals surface area (Å²) in [6, 6.07) is 6.98. The molecule has 0 aliphatic rings. The number of benzene rings is 1. The molecule has 1 N–H and O–H groups in total. The Morgan fingerprint density at radius 1 is 1.36 bits per heavy atom. The van der Waals surface area contributed by atoms with Crippen molar-refractivity contribution in [1.82, 2.24) is 0 Å². The van der Waals surface area contributed by atoms with Crippen molar-refractivity contribution in [2.24, 2.45) is 0 Å². The van der Waals surface area contributed by atoms with Crippen LogP contribution < -0.4 is 5.48 Å². The molecule has 0 aliphatic heterocycles. The average Bonchev–Trinajstić information content (AvgIpc) is 2.07. The number of anilines is 1. The third kappa shape index (κ3) is 2.05. The van der Waals surface area contributed by atoms with Crippen molar-refractivity contribution in [3.8, 4) is 0 Å². The summed E-state index contributed by atoms with van der Waals surface area (Å²) in [4.78, 5) is 14.9. The van der Waals surface area contributed by atoms with E-state index in [0.717, 1.165) is 12.0 Å². The Kier molecular flexibility index (Phi) is 2.63. The Morgan fingerprint density at radius 3 is 2.45 bits per heavy atom. The summed E-state index contributed by atoms with van der Waals surface area (Å²) in [7, 11) is 1.54. The van der Waals surface area contributed by atoms with E-state index in [-0.39, 0.29) is 0 Å².